The Labute approximate surface area is 194 Å². The first-order valence-corrected chi connectivity index (χ1v) is 10.3. The Morgan fingerprint density at radius 1 is 1.26 bits per heavy atom. The van der Waals surface area contributed by atoms with Crippen molar-refractivity contribution in [2.24, 2.45) is 0 Å². The number of benzene rings is 1. The van der Waals surface area contributed by atoms with Crippen molar-refractivity contribution in [3.05, 3.63) is 94.4 Å². The number of hydrogen-bond acceptors (Lipinski definition) is 7. The Morgan fingerprint density at radius 3 is 2.74 bits per heavy atom. The lowest BCUT2D eigenvalue weighted by molar-refractivity contribution is 0.246. The fourth-order valence-electron chi connectivity index (χ4n) is 3.63. The van der Waals surface area contributed by atoms with Gasteiger partial charge in [0.25, 0.3) is 5.56 Å². The third kappa shape index (κ3) is 4.51. The van der Waals surface area contributed by atoms with Gasteiger partial charge >= 0.3 is 0 Å². The van der Waals surface area contributed by atoms with Crippen molar-refractivity contribution in [1.82, 2.24) is 19.1 Å². The van der Waals surface area contributed by atoms with Crippen molar-refractivity contribution < 1.29 is 14.2 Å². The highest BCUT2D eigenvalue weighted by Crippen LogP contribution is 2.28. The summed E-state index contributed by atoms with van der Waals surface area (Å²) < 4.78 is 22.2. The Kier molecular flexibility index (Phi) is 6.38. The number of methoxy groups -OCH3 is 1. The third-order valence-corrected chi connectivity index (χ3v) is 5.24. The zero-order valence-corrected chi connectivity index (χ0v) is 18.4. The molecule has 3 heterocycles. The number of nitrogens with zero attached hydrogens (tertiary/aromatic N) is 5. The van der Waals surface area contributed by atoms with Crippen LogP contribution in [0.2, 0.25) is 0 Å². The highest BCUT2D eigenvalue weighted by Gasteiger charge is 2.19. The highest BCUT2D eigenvalue weighted by molar-refractivity contribution is 5.65. The first kappa shape index (κ1) is 22.7. The van der Waals surface area contributed by atoms with Crippen LogP contribution in [0, 0.1) is 24.1 Å². The van der Waals surface area contributed by atoms with E-state index in [0.717, 1.165) is 17.6 Å². The molecule has 172 valence electrons. The summed E-state index contributed by atoms with van der Waals surface area (Å²) in [5.74, 6) is -0.0581. The zero-order chi connectivity index (χ0) is 24.2. The highest BCUT2D eigenvalue weighted by atomic mass is 19.1. The van der Waals surface area contributed by atoms with Crippen LogP contribution in [-0.2, 0) is 0 Å². The van der Waals surface area contributed by atoms with E-state index in [1.807, 2.05) is 29.8 Å². The summed E-state index contributed by atoms with van der Waals surface area (Å²) in [6.45, 7) is 1.39. The molecule has 0 radical (unpaired) electrons. The largest absolute Gasteiger partial charge is 0.494 e. The Hall–Kier alpha value is -4.49. The second kappa shape index (κ2) is 9.56. The fourth-order valence-corrected chi connectivity index (χ4v) is 3.63. The number of halogens is 1. The molecule has 0 saturated carbocycles. The van der Waals surface area contributed by atoms with E-state index in [4.69, 9.17) is 4.74 Å². The van der Waals surface area contributed by atoms with Crippen molar-refractivity contribution in [1.29, 1.82) is 5.26 Å². The molecule has 34 heavy (non-hydrogen) atoms. The molecule has 0 bridgehead atoms. The van der Waals surface area contributed by atoms with E-state index in [1.165, 1.54) is 36.2 Å². The number of aromatic nitrogens is 4. The molecule has 0 aliphatic carbocycles. The van der Waals surface area contributed by atoms with Crippen LogP contribution in [-0.4, -0.2) is 37.9 Å². The predicted molar refractivity (Wildman–Crippen MR) is 123 cm³/mol. The van der Waals surface area contributed by atoms with Crippen LogP contribution in [0.25, 0.3) is 5.69 Å². The average Bonchev–Trinajstić information content (AvgIpc) is 3.27. The molecule has 0 unspecified atom stereocenters. The summed E-state index contributed by atoms with van der Waals surface area (Å²) >= 11 is 0. The van der Waals surface area contributed by atoms with Gasteiger partial charge in [-0.15, -0.1) is 0 Å². The number of nitriles is 1. The SMILES string of the molecule is COc1cc(Nc2cc(C#N)cn([C@@H](CO)c3cncc(F)c3)c2=O)ccc1-n1cnc(C)c1. The molecule has 4 aromatic rings. The van der Waals surface area contributed by atoms with Gasteiger partial charge < -0.3 is 24.3 Å². The normalized spacial score (nSPS) is 11.6. The number of aliphatic hydroxyl groups is 1. The molecule has 0 aliphatic heterocycles. The summed E-state index contributed by atoms with van der Waals surface area (Å²) in [5.41, 5.74) is 2.24. The van der Waals surface area contributed by atoms with E-state index in [9.17, 15) is 19.6 Å². The number of rotatable bonds is 7. The molecular weight excluding hydrogens is 439 g/mol. The van der Waals surface area contributed by atoms with Crippen molar-refractivity contribution in [3.8, 4) is 17.5 Å². The maximum absolute atomic E-state index is 13.7. The second-order valence-electron chi connectivity index (χ2n) is 7.54. The summed E-state index contributed by atoms with van der Waals surface area (Å²) in [4.78, 5) is 21.3. The molecule has 0 amide bonds. The lowest BCUT2D eigenvalue weighted by Gasteiger charge is -2.20. The van der Waals surface area contributed by atoms with Gasteiger partial charge in [-0.05, 0) is 36.8 Å². The molecule has 1 aromatic carbocycles. The average molecular weight is 460 g/mol. The molecule has 0 aliphatic rings. The van der Waals surface area contributed by atoms with Crippen molar-refractivity contribution >= 4 is 11.4 Å². The van der Waals surface area contributed by atoms with Crippen LogP contribution in [0.1, 0.15) is 22.9 Å². The lowest BCUT2D eigenvalue weighted by Crippen LogP contribution is -2.29. The maximum Gasteiger partial charge on any atom is 0.274 e. The molecule has 9 nitrogen and oxygen atoms in total. The van der Waals surface area contributed by atoms with Gasteiger partial charge in [-0.25, -0.2) is 9.37 Å². The summed E-state index contributed by atoms with van der Waals surface area (Å²) in [5, 5.41) is 22.5. The smallest absolute Gasteiger partial charge is 0.274 e. The standard InChI is InChI=1S/C24H21FN6O3/c1-15-11-30(14-28-15)21-4-3-19(7-23(21)34-2)29-20-5-16(8-26)12-31(24(20)33)22(13-32)17-6-18(25)10-27-9-17/h3-7,9-12,14,22,29,32H,13H2,1-2H3/t22-/m0/s1. The van der Waals surface area contributed by atoms with E-state index in [-0.39, 0.29) is 11.3 Å². The van der Waals surface area contributed by atoms with E-state index in [1.54, 1.807) is 18.5 Å². The minimum atomic E-state index is -0.925. The van der Waals surface area contributed by atoms with Crippen LogP contribution in [0.5, 0.6) is 5.75 Å². The van der Waals surface area contributed by atoms with Crippen LogP contribution < -0.4 is 15.6 Å². The van der Waals surface area contributed by atoms with E-state index >= 15 is 0 Å². The molecule has 0 fully saturated rings. The van der Waals surface area contributed by atoms with Gasteiger partial charge in [0.1, 0.15) is 23.3 Å². The van der Waals surface area contributed by atoms with E-state index < -0.39 is 24.0 Å². The topological polar surface area (TPSA) is 118 Å². The number of aryl methyl sites for hydroxylation is 1. The molecule has 4 rings (SSSR count). The van der Waals surface area contributed by atoms with E-state index in [2.05, 4.69) is 15.3 Å². The van der Waals surface area contributed by atoms with Crippen LogP contribution in [0.3, 0.4) is 0 Å². The second-order valence-corrected chi connectivity index (χ2v) is 7.54. The Bertz CT molecular complexity index is 1440. The minimum absolute atomic E-state index is 0.107. The number of anilines is 2. The monoisotopic (exact) mass is 460 g/mol. The molecular formula is C24H21FN6O3. The fraction of sp³-hybridized carbons (Fsp3) is 0.167. The molecule has 3 aromatic heterocycles. The van der Waals surface area contributed by atoms with Crippen molar-refractivity contribution in [2.45, 2.75) is 13.0 Å². The van der Waals surface area contributed by atoms with Gasteiger partial charge in [0.05, 0.1) is 49.2 Å². The van der Waals surface area contributed by atoms with Crippen LogP contribution in [0.4, 0.5) is 15.8 Å². The molecule has 10 heteroatoms. The van der Waals surface area contributed by atoms with Crippen molar-refractivity contribution in [3.63, 3.8) is 0 Å². The first-order valence-electron chi connectivity index (χ1n) is 10.3. The Balaban J connectivity index is 1.74. The lowest BCUT2D eigenvalue weighted by atomic mass is 10.1. The number of imidazole rings is 1. The predicted octanol–water partition coefficient (Wildman–Crippen LogP) is 3.08. The van der Waals surface area contributed by atoms with Gasteiger partial charge in [0.15, 0.2) is 0 Å². The first-order chi connectivity index (χ1) is 16.4. The van der Waals surface area contributed by atoms with Crippen LogP contribution >= 0.6 is 0 Å². The third-order valence-electron chi connectivity index (χ3n) is 5.24. The van der Waals surface area contributed by atoms with Gasteiger partial charge in [0, 0.05) is 30.3 Å². The molecule has 2 N–H and O–H groups in total. The maximum atomic E-state index is 13.7. The minimum Gasteiger partial charge on any atom is -0.494 e. The van der Waals surface area contributed by atoms with Gasteiger partial charge in [0.2, 0.25) is 0 Å². The summed E-state index contributed by atoms with van der Waals surface area (Å²) in [6.07, 6.45) is 7.25. The number of aliphatic hydroxyl groups excluding tert-OH is 1. The zero-order valence-electron chi connectivity index (χ0n) is 18.4. The number of hydrogen-bond donors (Lipinski definition) is 2. The van der Waals surface area contributed by atoms with Gasteiger partial charge in [-0.2, -0.15) is 5.26 Å². The molecule has 0 spiro atoms. The summed E-state index contributed by atoms with van der Waals surface area (Å²) in [7, 11) is 1.54. The Morgan fingerprint density at radius 2 is 2.09 bits per heavy atom. The van der Waals surface area contributed by atoms with Gasteiger partial charge in [-0.1, -0.05) is 0 Å². The summed E-state index contributed by atoms with van der Waals surface area (Å²) in [6, 6.07) is 8.97. The quantitative estimate of drug-likeness (QED) is 0.435. The van der Waals surface area contributed by atoms with Crippen LogP contribution in [0.15, 0.2) is 66.2 Å². The van der Waals surface area contributed by atoms with Gasteiger partial charge in [-0.3, -0.25) is 9.78 Å². The number of ether oxygens (including phenoxy) is 1. The number of pyridine rings is 2. The molecule has 0 saturated heterocycles. The van der Waals surface area contributed by atoms with E-state index in [0.29, 0.717) is 17.0 Å². The molecule has 1 atom stereocenters. The van der Waals surface area contributed by atoms with Crippen molar-refractivity contribution in [2.75, 3.05) is 19.0 Å². The number of nitrogens with one attached hydrogen (secondary N) is 1.